The Morgan fingerprint density at radius 3 is 2.85 bits per heavy atom. The number of hydrogen-bond acceptors (Lipinski definition) is 3. The highest BCUT2D eigenvalue weighted by Gasteiger charge is 2.23. The molecule has 0 spiro atoms. The molecule has 0 aliphatic carbocycles. The summed E-state index contributed by atoms with van der Waals surface area (Å²) in [6.45, 7) is 5.01. The van der Waals surface area contributed by atoms with E-state index in [1.165, 1.54) is 18.6 Å². The van der Waals surface area contributed by atoms with Crippen LogP contribution >= 0.6 is 11.8 Å². The van der Waals surface area contributed by atoms with Gasteiger partial charge in [0.15, 0.2) is 0 Å². The van der Waals surface area contributed by atoms with Crippen LogP contribution in [0.25, 0.3) is 0 Å². The van der Waals surface area contributed by atoms with Gasteiger partial charge in [0.05, 0.1) is 6.61 Å². The zero-order valence-corrected chi connectivity index (χ0v) is 12.9. The maximum atomic E-state index is 12.9. The van der Waals surface area contributed by atoms with Crippen LogP contribution in [-0.4, -0.2) is 31.6 Å². The molecule has 0 bridgehead atoms. The first-order valence-electron chi connectivity index (χ1n) is 7.49. The first-order valence-corrected chi connectivity index (χ1v) is 8.47. The van der Waals surface area contributed by atoms with Gasteiger partial charge in [0, 0.05) is 23.3 Å². The van der Waals surface area contributed by atoms with Gasteiger partial charge < -0.3 is 10.1 Å². The van der Waals surface area contributed by atoms with Gasteiger partial charge in [-0.15, -0.1) is 11.8 Å². The van der Waals surface area contributed by atoms with Crippen molar-refractivity contribution in [2.75, 3.05) is 25.5 Å². The minimum atomic E-state index is -0.171. The highest BCUT2D eigenvalue weighted by molar-refractivity contribution is 7.99. The predicted octanol–water partition coefficient (Wildman–Crippen LogP) is 3.71. The van der Waals surface area contributed by atoms with Crippen LogP contribution in [0, 0.1) is 11.7 Å². The van der Waals surface area contributed by atoms with Crippen LogP contribution < -0.4 is 5.32 Å². The maximum Gasteiger partial charge on any atom is 0.123 e. The average molecular weight is 297 g/mol. The Balaban J connectivity index is 1.87. The molecule has 112 valence electrons. The van der Waals surface area contributed by atoms with Crippen molar-refractivity contribution in [1.82, 2.24) is 5.32 Å². The molecule has 2 rings (SSSR count). The molecule has 1 aromatic rings. The van der Waals surface area contributed by atoms with Crippen molar-refractivity contribution < 1.29 is 9.13 Å². The third kappa shape index (κ3) is 5.08. The fourth-order valence-electron chi connectivity index (χ4n) is 2.49. The summed E-state index contributed by atoms with van der Waals surface area (Å²) in [4.78, 5) is 1.13. The van der Waals surface area contributed by atoms with Crippen LogP contribution in [0.3, 0.4) is 0 Å². The SMILES string of the molecule is CCCNC(CSc1ccc(F)cc1)C1CCCOC1. The van der Waals surface area contributed by atoms with Crippen molar-refractivity contribution in [2.45, 2.75) is 37.1 Å². The highest BCUT2D eigenvalue weighted by Crippen LogP contribution is 2.25. The predicted molar refractivity (Wildman–Crippen MR) is 82.7 cm³/mol. The summed E-state index contributed by atoms with van der Waals surface area (Å²) in [5.41, 5.74) is 0. The summed E-state index contributed by atoms with van der Waals surface area (Å²) in [7, 11) is 0. The Morgan fingerprint density at radius 2 is 2.20 bits per heavy atom. The van der Waals surface area contributed by atoms with Crippen LogP contribution in [0.15, 0.2) is 29.2 Å². The lowest BCUT2D eigenvalue weighted by Crippen LogP contribution is -2.42. The van der Waals surface area contributed by atoms with Gasteiger partial charge in [0.25, 0.3) is 0 Å². The molecule has 2 unspecified atom stereocenters. The third-order valence-electron chi connectivity index (χ3n) is 3.66. The molecule has 0 radical (unpaired) electrons. The number of thioether (sulfide) groups is 1. The van der Waals surface area contributed by atoms with Crippen LogP contribution in [0.4, 0.5) is 4.39 Å². The monoisotopic (exact) mass is 297 g/mol. The molecule has 1 N–H and O–H groups in total. The molecule has 4 heteroatoms. The van der Waals surface area contributed by atoms with Crippen molar-refractivity contribution >= 4 is 11.8 Å². The summed E-state index contributed by atoms with van der Waals surface area (Å²) >= 11 is 1.80. The van der Waals surface area contributed by atoms with E-state index in [-0.39, 0.29) is 5.82 Å². The van der Waals surface area contributed by atoms with Gasteiger partial charge in [-0.25, -0.2) is 4.39 Å². The van der Waals surface area contributed by atoms with Gasteiger partial charge in [-0.05, 0) is 56.0 Å². The van der Waals surface area contributed by atoms with Gasteiger partial charge in [-0.2, -0.15) is 0 Å². The number of halogens is 1. The molecule has 1 heterocycles. The molecule has 1 aromatic carbocycles. The second-order valence-electron chi connectivity index (χ2n) is 5.30. The van der Waals surface area contributed by atoms with Crippen LogP contribution in [0.5, 0.6) is 0 Å². The molecule has 0 saturated carbocycles. The molecular weight excluding hydrogens is 273 g/mol. The van der Waals surface area contributed by atoms with E-state index in [1.54, 1.807) is 11.8 Å². The molecule has 0 amide bonds. The smallest absolute Gasteiger partial charge is 0.123 e. The Morgan fingerprint density at radius 1 is 1.40 bits per heavy atom. The molecule has 2 atom stereocenters. The first-order chi connectivity index (χ1) is 9.79. The van der Waals surface area contributed by atoms with Crippen molar-refractivity contribution in [3.05, 3.63) is 30.1 Å². The van der Waals surface area contributed by atoms with Crippen LogP contribution in [0.1, 0.15) is 26.2 Å². The molecular formula is C16H24FNOS. The minimum absolute atomic E-state index is 0.171. The maximum absolute atomic E-state index is 12.9. The van der Waals surface area contributed by atoms with E-state index in [0.29, 0.717) is 12.0 Å². The fraction of sp³-hybridized carbons (Fsp3) is 0.625. The fourth-order valence-corrected chi connectivity index (χ4v) is 3.58. The molecule has 2 nitrogen and oxygen atoms in total. The van der Waals surface area contributed by atoms with E-state index in [1.807, 2.05) is 12.1 Å². The third-order valence-corrected chi connectivity index (χ3v) is 4.80. The van der Waals surface area contributed by atoms with E-state index in [0.717, 1.165) is 43.2 Å². The Hall–Kier alpha value is -0.580. The second kappa shape index (κ2) is 8.65. The summed E-state index contributed by atoms with van der Waals surface area (Å²) in [6.07, 6.45) is 3.55. The zero-order chi connectivity index (χ0) is 14.2. The van der Waals surface area contributed by atoms with Crippen molar-refractivity contribution in [3.63, 3.8) is 0 Å². The largest absolute Gasteiger partial charge is 0.381 e. The minimum Gasteiger partial charge on any atom is -0.381 e. The van der Waals surface area contributed by atoms with E-state index in [2.05, 4.69) is 12.2 Å². The van der Waals surface area contributed by atoms with Crippen molar-refractivity contribution in [1.29, 1.82) is 0 Å². The zero-order valence-electron chi connectivity index (χ0n) is 12.1. The van der Waals surface area contributed by atoms with Crippen molar-refractivity contribution in [3.8, 4) is 0 Å². The standard InChI is InChI=1S/C16H24FNOS/c1-2-9-18-16(13-4-3-10-19-11-13)12-20-15-7-5-14(17)6-8-15/h5-8,13,16,18H,2-4,9-12H2,1H3. The molecule has 20 heavy (non-hydrogen) atoms. The van der Waals surface area contributed by atoms with Gasteiger partial charge in [-0.3, -0.25) is 0 Å². The summed E-state index contributed by atoms with van der Waals surface area (Å²) in [5.74, 6) is 1.44. The summed E-state index contributed by atoms with van der Waals surface area (Å²) in [6, 6.07) is 7.24. The number of ether oxygens (including phenoxy) is 1. The number of rotatable bonds is 7. The second-order valence-corrected chi connectivity index (χ2v) is 6.40. The van der Waals surface area contributed by atoms with Crippen LogP contribution in [-0.2, 0) is 4.74 Å². The van der Waals surface area contributed by atoms with Gasteiger partial charge in [-0.1, -0.05) is 6.92 Å². The normalized spacial score (nSPS) is 20.8. The molecule has 1 saturated heterocycles. The van der Waals surface area contributed by atoms with Gasteiger partial charge in [0.2, 0.25) is 0 Å². The topological polar surface area (TPSA) is 21.3 Å². The quantitative estimate of drug-likeness (QED) is 0.775. The first kappa shape index (κ1) is 15.8. The molecule has 1 aliphatic rings. The molecule has 1 fully saturated rings. The van der Waals surface area contributed by atoms with E-state index in [9.17, 15) is 4.39 Å². The summed E-state index contributed by atoms with van der Waals surface area (Å²) < 4.78 is 18.5. The Bertz CT molecular complexity index is 379. The lowest BCUT2D eigenvalue weighted by Gasteiger charge is -2.31. The van der Waals surface area contributed by atoms with Gasteiger partial charge in [0.1, 0.15) is 5.82 Å². The van der Waals surface area contributed by atoms with E-state index >= 15 is 0 Å². The van der Waals surface area contributed by atoms with Crippen LogP contribution in [0.2, 0.25) is 0 Å². The van der Waals surface area contributed by atoms with Crippen molar-refractivity contribution in [2.24, 2.45) is 5.92 Å². The van der Waals surface area contributed by atoms with E-state index in [4.69, 9.17) is 4.74 Å². The highest BCUT2D eigenvalue weighted by atomic mass is 32.2. The number of hydrogen-bond donors (Lipinski definition) is 1. The Kier molecular flexibility index (Phi) is 6.83. The average Bonchev–Trinajstić information content (AvgIpc) is 2.50. The summed E-state index contributed by atoms with van der Waals surface area (Å²) in [5, 5.41) is 3.65. The number of nitrogens with one attached hydrogen (secondary N) is 1. The number of benzene rings is 1. The molecule has 1 aliphatic heterocycles. The van der Waals surface area contributed by atoms with E-state index < -0.39 is 0 Å². The lowest BCUT2D eigenvalue weighted by atomic mass is 9.95. The van der Waals surface area contributed by atoms with Gasteiger partial charge >= 0.3 is 0 Å². The lowest BCUT2D eigenvalue weighted by molar-refractivity contribution is 0.0427. The molecule has 0 aromatic heterocycles. The Labute approximate surface area is 125 Å².